The van der Waals surface area contributed by atoms with E-state index in [4.69, 9.17) is 0 Å². The molecule has 1 amide bonds. The molecule has 0 spiro atoms. The SMILES string of the molecule is CC1=NNC(=O)[C@H]1[C@H](c1ccc(Br)cc1)C(C#N)C#N. The van der Waals surface area contributed by atoms with E-state index in [2.05, 4.69) is 26.5 Å². The van der Waals surface area contributed by atoms with Gasteiger partial charge in [-0.2, -0.15) is 15.6 Å². The topological polar surface area (TPSA) is 89.0 Å². The number of hydrazone groups is 1. The van der Waals surface area contributed by atoms with Gasteiger partial charge in [0.1, 0.15) is 5.92 Å². The minimum Gasteiger partial charge on any atom is -0.272 e. The Balaban J connectivity index is 2.48. The van der Waals surface area contributed by atoms with Crippen molar-refractivity contribution in [3.63, 3.8) is 0 Å². The molecule has 1 aromatic rings. The van der Waals surface area contributed by atoms with E-state index in [-0.39, 0.29) is 5.91 Å². The van der Waals surface area contributed by atoms with E-state index >= 15 is 0 Å². The zero-order chi connectivity index (χ0) is 14.7. The predicted octanol–water partition coefficient (Wildman–Crippen LogP) is 2.32. The zero-order valence-corrected chi connectivity index (χ0v) is 12.3. The first-order valence-electron chi connectivity index (χ1n) is 5.97. The first-order chi connectivity index (χ1) is 9.58. The summed E-state index contributed by atoms with van der Waals surface area (Å²) in [6, 6.07) is 11.2. The lowest BCUT2D eigenvalue weighted by molar-refractivity contribution is -0.122. The summed E-state index contributed by atoms with van der Waals surface area (Å²) in [4.78, 5) is 11.9. The summed E-state index contributed by atoms with van der Waals surface area (Å²) in [6.07, 6.45) is 0. The van der Waals surface area contributed by atoms with Crippen molar-refractivity contribution >= 4 is 27.5 Å². The second-order valence-corrected chi connectivity index (χ2v) is 5.44. The molecule has 0 radical (unpaired) electrons. The number of amides is 1. The van der Waals surface area contributed by atoms with Crippen LogP contribution in [0.15, 0.2) is 33.8 Å². The van der Waals surface area contributed by atoms with Crippen LogP contribution in [0.2, 0.25) is 0 Å². The number of hydrogen-bond donors (Lipinski definition) is 1. The fraction of sp³-hybridized carbons (Fsp3) is 0.286. The summed E-state index contributed by atoms with van der Waals surface area (Å²) >= 11 is 3.34. The van der Waals surface area contributed by atoms with Crippen LogP contribution in [0.1, 0.15) is 18.4 Å². The summed E-state index contributed by atoms with van der Waals surface area (Å²) < 4.78 is 0.895. The van der Waals surface area contributed by atoms with Gasteiger partial charge < -0.3 is 0 Å². The lowest BCUT2D eigenvalue weighted by atomic mass is 9.76. The molecule has 0 unspecified atom stereocenters. The van der Waals surface area contributed by atoms with Gasteiger partial charge in [-0.25, -0.2) is 5.43 Å². The van der Waals surface area contributed by atoms with Crippen LogP contribution in [0.3, 0.4) is 0 Å². The van der Waals surface area contributed by atoms with Gasteiger partial charge >= 0.3 is 0 Å². The highest BCUT2D eigenvalue weighted by molar-refractivity contribution is 9.10. The van der Waals surface area contributed by atoms with E-state index in [0.29, 0.717) is 5.71 Å². The van der Waals surface area contributed by atoms with Crippen molar-refractivity contribution < 1.29 is 4.79 Å². The first kappa shape index (κ1) is 14.2. The molecule has 0 bridgehead atoms. The van der Waals surface area contributed by atoms with E-state index in [1.807, 2.05) is 36.4 Å². The molecule has 0 aromatic heterocycles. The Hall–Kier alpha value is -2.18. The summed E-state index contributed by atoms with van der Waals surface area (Å²) in [5.74, 6) is -2.29. The average molecular weight is 331 g/mol. The molecule has 1 aliphatic heterocycles. The number of nitriles is 2. The van der Waals surface area contributed by atoms with Gasteiger partial charge in [0, 0.05) is 16.1 Å². The fourth-order valence-corrected chi connectivity index (χ4v) is 2.61. The lowest BCUT2D eigenvalue weighted by Crippen LogP contribution is -2.32. The average Bonchev–Trinajstić information content (AvgIpc) is 2.77. The van der Waals surface area contributed by atoms with E-state index in [1.165, 1.54) is 0 Å². The first-order valence-corrected chi connectivity index (χ1v) is 6.76. The number of carbonyl (C=O) groups excluding carboxylic acids is 1. The molecule has 100 valence electrons. The second kappa shape index (κ2) is 5.85. The number of rotatable bonds is 3. The number of benzene rings is 1. The van der Waals surface area contributed by atoms with Crippen LogP contribution >= 0.6 is 15.9 Å². The Morgan fingerprint density at radius 3 is 2.35 bits per heavy atom. The van der Waals surface area contributed by atoms with Gasteiger partial charge in [-0.3, -0.25) is 4.79 Å². The molecule has 1 heterocycles. The highest BCUT2D eigenvalue weighted by atomic mass is 79.9. The van der Waals surface area contributed by atoms with E-state index < -0.39 is 17.8 Å². The molecule has 0 saturated heterocycles. The molecule has 1 aliphatic rings. The molecule has 2 atom stereocenters. The van der Waals surface area contributed by atoms with Gasteiger partial charge in [-0.15, -0.1) is 0 Å². The Bertz CT molecular complexity index is 625. The molecule has 6 heteroatoms. The lowest BCUT2D eigenvalue weighted by Gasteiger charge is -2.23. The van der Waals surface area contributed by atoms with Gasteiger partial charge in [0.05, 0.1) is 18.1 Å². The van der Waals surface area contributed by atoms with Crippen molar-refractivity contribution in [2.75, 3.05) is 0 Å². The van der Waals surface area contributed by atoms with Gasteiger partial charge in [-0.05, 0) is 24.6 Å². The Morgan fingerprint density at radius 2 is 1.90 bits per heavy atom. The van der Waals surface area contributed by atoms with Crippen molar-refractivity contribution in [2.45, 2.75) is 12.8 Å². The van der Waals surface area contributed by atoms with Crippen LogP contribution in [0.25, 0.3) is 0 Å². The largest absolute Gasteiger partial charge is 0.272 e. The highest BCUT2D eigenvalue weighted by Gasteiger charge is 2.40. The van der Waals surface area contributed by atoms with Crippen LogP contribution in [0.4, 0.5) is 0 Å². The highest BCUT2D eigenvalue weighted by Crippen LogP contribution is 2.35. The molecular formula is C14H11BrN4O. The maximum absolute atomic E-state index is 11.9. The Labute approximate surface area is 125 Å². The molecule has 2 rings (SSSR count). The van der Waals surface area contributed by atoms with Crippen molar-refractivity contribution in [1.82, 2.24) is 5.43 Å². The number of halogens is 1. The third-order valence-electron chi connectivity index (χ3n) is 3.33. The number of hydrogen-bond acceptors (Lipinski definition) is 4. The van der Waals surface area contributed by atoms with Gasteiger partial charge in [0.2, 0.25) is 5.91 Å². The standard InChI is InChI=1S/C14H11BrN4O/c1-8-12(14(20)19-18-8)13(10(6-16)7-17)9-2-4-11(15)5-3-9/h2-5,10,12-13H,1H3,(H,19,20)/t12-,13-/m1/s1. The van der Waals surface area contributed by atoms with E-state index in [0.717, 1.165) is 10.0 Å². The Kier molecular flexibility index (Phi) is 4.16. The van der Waals surface area contributed by atoms with Crippen LogP contribution in [0, 0.1) is 34.5 Å². The Morgan fingerprint density at radius 1 is 1.30 bits per heavy atom. The van der Waals surface area contributed by atoms with Crippen LogP contribution in [-0.4, -0.2) is 11.6 Å². The number of nitrogens with zero attached hydrogens (tertiary/aromatic N) is 3. The fourth-order valence-electron chi connectivity index (χ4n) is 2.35. The minimum atomic E-state index is -0.907. The van der Waals surface area contributed by atoms with Gasteiger partial charge in [0.15, 0.2) is 0 Å². The maximum Gasteiger partial charge on any atom is 0.249 e. The quantitative estimate of drug-likeness (QED) is 0.922. The smallest absolute Gasteiger partial charge is 0.249 e. The second-order valence-electron chi connectivity index (χ2n) is 4.52. The third kappa shape index (κ3) is 2.56. The number of carbonyl (C=O) groups is 1. The van der Waals surface area contributed by atoms with Crippen molar-refractivity contribution in [3.8, 4) is 12.1 Å². The summed E-state index contributed by atoms with van der Waals surface area (Å²) in [7, 11) is 0. The maximum atomic E-state index is 11.9. The van der Waals surface area contributed by atoms with E-state index in [9.17, 15) is 15.3 Å². The zero-order valence-electron chi connectivity index (χ0n) is 10.7. The molecule has 1 N–H and O–H groups in total. The van der Waals surface area contributed by atoms with Crippen molar-refractivity contribution in [3.05, 3.63) is 34.3 Å². The normalized spacial score (nSPS) is 18.9. The summed E-state index contributed by atoms with van der Waals surface area (Å²) in [5, 5.41) is 22.3. The van der Waals surface area contributed by atoms with E-state index in [1.54, 1.807) is 6.92 Å². The summed E-state index contributed by atoms with van der Waals surface area (Å²) in [6.45, 7) is 1.72. The molecule has 0 saturated carbocycles. The van der Waals surface area contributed by atoms with Crippen molar-refractivity contribution in [2.24, 2.45) is 16.9 Å². The molecule has 20 heavy (non-hydrogen) atoms. The molecule has 0 fully saturated rings. The summed E-state index contributed by atoms with van der Waals surface area (Å²) in [5.41, 5.74) is 3.78. The van der Waals surface area contributed by atoms with Crippen molar-refractivity contribution in [1.29, 1.82) is 10.5 Å². The molecule has 5 nitrogen and oxygen atoms in total. The minimum absolute atomic E-state index is 0.272. The van der Waals surface area contributed by atoms with Crippen LogP contribution in [-0.2, 0) is 4.79 Å². The van der Waals surface area contributed by atoms with Gasteiger partial charge in [-0.1, -0.05) is 28.1 Å². The third-order valence-corrected chi connectivity index (χ3v) is 3.85. The molecular weight excluding hydrogens is 320 g/mol. The monoisotopic (exact) mass is 330 g/mol. The van der Waals surface area contributed by atoms with Crippen LogP contribution in [0.5, 0.6) is 0 Å². The number of nitrogens with one attached hydrogen (secondary N) is 1. The van der Waals surface area contributed by atoms with Crippen LogP contribution < -0.4 is 5.43 Å². The van der Waals surface area contributed by atoms with Gasteiger partial charge in [0.25, 0.3) is 0 Å². The predicted molar refractivity (Wildman–Crippen MR) is 76.3 cm³/mol. The molecule has 0 aliphatic carbocycles. The molecule has 1 aromatic carbocycles.